The summed E-state index contributed by atoms with van der Waals surface area (Å²) in [5.41, 5.74) is 0. The molecule has 12 heavy (non-hydrogen) atoms. The van der Waals surface area contributed by atoms with Gasteiger partial charge in [0.05, 0.1) is 17.1 Å². The van der Waals surface area contributed by atoms with Crippen molar-refractivity contribution >= 4 is 29.1 Å². The van der Waals surface area contributed by atoms with Gasteiger partial charge < -0.3 is 5.11 Å². The van der Waals surface area contributed by atoms with Gasteiger partial charge in [-0.2, -0.15) is 4.37 Å². The molecule has 0 bridgehead atoms. The minimum absolute atomic E-state index is 0.400. The summed E-state index contributed by atoms with van der Waals surface area (Å²) in [5, 5.41) is 9.18. The molecule has 5 heteroatoms. The first-order valence-electron chi connectivity index (χ1n) is 3.43. The van der Waals surface area contributed by atoms with Gasteiger partial charge in [-0.1, -0.05) is 18.5 Å². The second-order valence-corrected chi connectivity index (χ2v) is 3.83. The summed E-state index contributed by atoms with van der Waals surface area (Å²) < 4.78 is 3.85. The van der Waals surface area contributed by atoms with E-state index in [-0.39, 0.29) is 0 Å². The van der Waals surface area contributed by atoms with Crippen LogP contribution in [0.1, 0.15) is 11.8 Å². The molecule has 0 aliphatic carbocycles. The van der Waals surface area contributed by atoms with Crippen molar-refractivity contribution in [3.8, 4) is 0 Å². The third-order valence-corrected chi connectivity index (χ3v) is 2.76. The third-order valence-electron chi connectivity index (χ3n) is 1.51. The Kier molecular flexibility index (Phi) is 3.05. The summed E-state index contributed by atoms with van der Waals surface area (Å²) in [6, 6.07) is 0. The highest BCUT2D eigenvalue weighted by Gasteiger charge is 2.14. The molecule has 0 aliphatic rings. The zero-order chi connectivity index (χ0) is 9.14. The van der Waals surface area contributed by atoms with Gasteiger partial charge >= 0.3 is 5.97 Å². The van der Waals surface area contributed by atoms with Gasteiger partial charge in [0.2, 0.25) is 0 Å². The number of hydrogen-bond donors (Lipinski definition) is 1. The zero-order valence-corrected chi connectivity index (χ0v) is 8.02. The number of rotatable bonds is 3. The highest BCUT2D eigenvalue weighted by molar-refractivity contribution is 7.06. The highest BCUT2D eigenvalue weighted by atomic mass is 35.5. The van der Waals surface area contributed by atoms with Crippen LogP contribution >= 0.6 is 23.1 Å². The van der Waals surface area contributed by atoms with Crippen LogP contribution in [0.5, 0.6) is 0 Å². The number of aromatic nitrogens is 1. The predicted molar refractivity (Wildman–Crippen MR) is 47.6 cm³/mol. The second kappa shape index (κ2) is 3.87. The number of nitrogens with zero attached hydrogens (tertiary/aromatic N) is 1. The molecule has 0 spiro atoms. The van der Waals surface area contributed by atoms with Crippen LogP contribution in [0.25, 0.3) is 0 Å². The molecule has 1 N–H and O–H groups in total. The average Bonchev–Trinajstić information content (AvgIpc) is 2.36. The van der Waals surface area contributed by atoms with E-state index < -0.39 is 11.9 Å². The first-order valence-corrected chi connectivity index (χ1v) is 4.58. The first kappa shape index (κ1) is 9.48. The predicted octanol–water partition coefficient (Wildman–Crippen LogP) is 2.06. The Hall–Kier alpha value is -0.610. The molecule has 0 aliphatic heterocycles. The largest absolute Gasteiger partial charge is 0.481 e. The molecule has 0 aromatic carbocycles. The van der Waals surface area contributed by atoms with Crippen LogP contribution in [0, 0.1) is 5.92 Å². The second-order valence-electron chi connectivity index (χ2n) is 2.54. The number of aliphatic carboxylic acids is 1. The number of carbonyl (C=O) groups is 1. The van der Waals surface area contributed by atoms with Crippen LogP contribution in [0.3, 0.4) is 0 Å². The summed E-state index contributed by atoms with van der Waals surface area (Å²) in [6.07, 6.45) is 1.99. The quantitative estimate of drug-likeness (QED) is 0.822. The molecule has 0 fully saturated rings. The maximum absolute atomic E-state index is 10.5. The molecule has 1 aromatic rings. The van der Waals surface area contributed by atoms with Gasteiger partial charge in [0, 0.05) is 4.88 Å². The van der Waals surface area contributed by atoms with Crippen molar-refractivity contribution in [1.29, 1.82) is 0 Å². The number of carboxylic acids is 1. The molecule has 1 rings (SSSR count). The van der Waals surface area contributed by atoms with Gasteiger partial charge in [-0.25, -0.2) is 0 Å². The van der Waals surface area contributed by atoms with E-state index in [4.69, 9.17) is 16.7 Å². The zero-order valence-electron chi connectivity index (χ0n) is 6.45. The Morgan fingerprint density at radius 3 is 3.00 bits per heavy atom. The molecule has 0 saturated heterocycles. The standard InChI is InChI=1S/C7H8ClNO2S/c1-4(7(10)11)2-6-5(8)3-9-12-6/h3-4H,2H2,1H3,(H,10,11). The lowest BCUT2D eigenvalue weighted by atomic mass is 10.1. The Morgan fingerprint density at radius 1 is 1.92 bits per heavy atom. The smallest absolute Gasteiger partial charge is 0.306 e. The molecule has 0 amide bonds. The van der Waals surface area contributed by atoms with Crippen LogP contribution in [0.15, 0.2) is 6.20 Å². The SMILES string of the molecule is CC(Cc1sncc1Cl)C(=O)O. The summed E-state index contributed by atoms with van der Waals surface area (Å²) >= 11 is 6.99. The summed E-state index contributed by atoms with van der Waals surface area (Å²) in [4.78, 5) is 11.3. The Morgan fingerprint density at radius 2 is 2.58 bits per heavy atom. The Labute approximate surface area is 79.2 Å². The van der Waals surface area contributed by atoms with E-state index in [0.717, 1.165) is 4.88 Å². The Bertz CT molecular complexity index is 287. The molecule has 0 saturated carbocycles. The summed E-state index contributed by atoms with van der Waals surface area (Å²) in [6.45, 7) is 1.65. The van der Waals surface area contributed by atoms with Crippen LogP contribution in [0.4, 0.5) is 0 Å². The van der Waals surface area contributed by atoms with E-state index >= 15 is 0 Å². The molecule has 1 aromatic heterocycles. The van der Waals surface area contributed by atoms with Gasteiger partial charge in [0.1, 0.15) is 0 Å². The van der Waals surface area contributed by atoms with Crippen molar-refractivity contribution in [3.63, 3.8) is 0 Å². The summed E-state index contributed by atoms with van der Waals surface area (Å²) in [5.74, 6) is -1.21. The lowest BCUT2D eigenvalue weighted by molar-refractivity contribution is -0.141. The minimum Gasteiger partial charge on any atom is -0.481 e. The van der Waals surface area contributed by atoms with Gasteiger partial charge in [-0.15, -0.1) is 0 Å². The fraction of sp³-hybridized carbons (Fsp3) is 0.429. The van der Waals surface area contributed by atoms with Crippen molar-refractivity contribution in [2.24, 2.45) is 5.92 Å². The molecule has 66 valence electrons. The van der Waals surface area contributed by atoms with Crippen molar-refractivity contribution < 1.29 is 9.90 Å². The number of carboxylic acid groups (broad SMARTS) is 1. The first-order chi connectivity index (χ1) is 5.61. The van der Waals surface area contributed by atoms with Gasteiger partial charge in [-0.3, -0.25) is 4.79 Å². The molecule has 1 heterocycles. The van der Waals surface area contributed by atoms with E-state index in [1.807, 2.05) is 0 Å². The van der Waals surface area contributed by atoms with Crippen molar-refractivity contribution in [1.82, 2.24) is 4.37 Å². The van der Waals surface area contributed by atoms with E-state index in [9.17, 15) is 4.79 Å². The molecule has 3 nitrogen and oxygen atoms in total. The fourth-order valence-electron chi connectivity index (χ4n) is 0.752. The lowest BCUT2D eigenvalue weighted by Gasteiger charge is -2.02. The summed E-state index contributed by atoms with van der Waals surface area (Å²) in [7, 11) is 0. The molecule has 1 atom stereocenters. The lowest BCUT2D eigenvalue weighted by Crippen LogP contribution is -2.11. The van der Waals surface area contributed by atoms with E-state index in [0.29, 0.717) is 11.4 Å². The maximum Gasteiger partial charge on any atom is 0.306 e. The normalized spacial score (nSPS) is 12.8. The molecular formula is C7H8ClNO2S. The molecule has 1 unspecified atom stereocenters. The van der Waals surface area contributed by atoms with Crippen LogP contribution in [-0.2, 0) is 11.2 Å². The Balaban J connectivity index is 2.64. The maximum atomic E-state index is 10.5. The third kappa shape index (κ3) is 2.19. The van der Waals surface area contributed by atoms with E-state index in [1.165, 1.54) is 17.7 Å². The number of hydrogen-bond acceptors (Lipinski definition) is 3. The van der Waals surface area contributed by atoms with Crippen LogP contribution < -0.4 is 0 Å². The van der Waals surface area contributed by atoms with Gasteiger partial charge in [-0.05, 0) is 18.0 Å². The van der Waals surface area contributed by atoms with Crippen LogP contribution in [-0.4, -0.2) is 15.4 Å². The molecular weight excluding hydrogens is 198 g/mol. The van der Waals surface area contributed by atoms with E-state index in [1.54, 1.807) is 6.92 Å². The van der Waals surface area contributed by atoms with Crippen molar-refractivity contribution in [2.45, 2.75) is 13.3 Å². The topological polar surface area (TPSA) is 50.2 Å². The number of halogens is 1. The monoisotopic (exact) mass is 205 g/mol. The average molecular weight is 206 g/mol. The van der Waals surface area contributed by atoms with Gasteiger partial charge in [0.25, 0.3) is 0 Å². The van der Waals surface area contributed by atoms with E-state index in [2.05, 4.69) is 4.37 Å². The van der Waals surface area contributed by atoms with Crippen molar-refractivity contribution in [3.05, 3.63) is 16.1 Å². The van der Waals surface area contributed by atoms with Gasteiger partial charge in [0.15, 0.2) is 0 Å². The van der Waals surface area contributed by atoms with Crippen LogP contribution in [0.2, 0.25) is 5.02 Å². The minimum atomic E-state index is -0.806. The molecule has 0 radical (unpaired) electrons. The fourth-order valence-corrected chi connectivity index (χ4v) is 1.79. The highest BCUT2D eigenvalue weighted by Crippen LogP contribution is 2.22. The van der Waals surface area contributed by atoms with Crippen molar-refractivity contribution in [2.75, 3.05) is 0 Å².